The summed E-state index contributed by atoms with van der Waals surface area (Å²) in [7, 11) is 1.65. The second kappa shape index (κ2) is 10.0. The molecule has 1 aliphatic rings. The predicted octanol–water partition coefficient (Wildman–Crippen LogP) is 2.75. The third kappa shape index (κ3) is 5.76. The number of aryl methyl sites for hydroxylation is 1. The zero-order chi connectivity index (χ0) is 17.4. The minimum absolute atomic E-state index is 0.224. The molecule has 1 fully saturated rings. The topological polar surface area (TPSA) is 64.8 Å². The number of methoxy groups -OCH3 is 1. The molecular weight excluding hydrogens is 372 g/mol. The lowest BCUT2D eigenvalue weighted by Crippen LogP contribution is -2.41. The number of likely N-dealkylation sites (tertiary alicyclic amines) is 1. The number of nitrogens with zero attached hydrogens (tertiary/aromatic N) is 1. The first-order valence-corrected chi connectivity index (χ1v) is 9.35. The summed E-state index contributed by atoms with van der Waals surface area (Å²) in [6.07, 6.45) is 4.30. The van der Waals surface area contributed by atoms with E-state index in [0.29, 0.717) is 13.0 Å². The number of piperidine rings is 1. The van der Waals surface area contributed by atoms with Gasteiger partial charge < -0.3 is 20.1 Å². The predicted molar refractivity (Wildman–Crippen MR) is 98.2 cm³/mol. The number of rotatable bonds is 8. The number of hydrogen-bond donors (Lipinski definition) is 1. The monoisotopic (exact) mass is 398 g/mol. The quantitative estimate of drug-likeness (QED) is 0.683. The number of carbonyl (C=O) groups is 1. The lowest BCUT2D eigenvalue weighted by molar-refractivity contribution is -0.133. The molecule has 1 heterocycles. The van der Waals surface area contributed by atoms with E-state index in [0.717, 1.165) is 61.2 Å². The molecule has 2 N–H and O–H groups in total. The van der Waals surface area contributed by atoms with E-state index in [4.69, 9.17) is 15.2 Å². The molecule has 1 aliphatic heterocycles. The van der Waals surface area contributed by atoms with E-state index in [2.05, 4.69) is 15.9 Å². The summed E-state index contributed by atoms with van der Waals surface area (Å²) >= 11 is 3.48. The molecule has 5 nitrogen and oxygen atoms in total. The zero-order valence-electron chi connectivity index (χ0n) is 14.3. The highest BCUT2D eigenvalue weighted by Crippen LogP contribution is 2.26. The smallest absolute Gasteiger partial charge is 0.222 e. The minimum Gasteiger partial charge on any atom is -0.496 e. The van der Waals surface area contributed by atoms with Crippen LogP contribution >= 0.6 is 15.9 Å². The van der Waals surface area contributed by atoms with Gasteiger partial charge in [0.2, 0.25) is 5.91 Å². The highest BCUT2D eigenvalue weighted by Gasteiger charge is 2.22. The van der Waals surface area contributed by atoms with Crippen molar-refractivity contribution in [2.75, 3.05) is 33.4 Å². The zero-order valence-corrected chi connectivity index (χ0v) is 15.9. The van der Waals surface area contributed by atoms with Crippen LogP contribution in [-0.4, -0.2) is 50.3 Å². The van der Waals surface area contributed by atoms with Gasteiger partial charge in [0.1, 0.15) is 5.75 Å². The number of hydrogen-bond acceptors (Lipinski definition) is 4. The summed E-state index contributed by atoms with van der Waals surface area (Å²) < 4.78 is 11.9. The lowest BCUT2D eigenvalue weighted by atomic mass is 10.1. The largest absolute Gasteiger partial charge is 0.496 e. The fraction of sp³-hybridized carbons (Fsp3) is 0.611. The van der Waals surface area contributed by atoms with Crippen molar-refractivity contribution in [3.05, 3.63) is 28.2 Å². The van der Waals surface area contributed by atoms with Crippen molar-refractivity contribution in [3.8, 4) is 5.75 Å². The van der Waals surface area contributed by atoms with E-state index in [-0.39, 0.29) is 12.0 Å². The number of halogens is 1. The minimum atomic E-state index is 0.224. The van der Waals surface area contributed by atoms with Crippen molar-refractivity contribution >= 4 is 21.8 Å². The van der Waals surface area contributed by atoms with Gasteiger partial charge in [-0.3, -0.25) is 4.79 Å². The molecule has 0 atom stereocenters. The maximum Gasteiger partial charge on any atom is 0.222 e. The second-order valence-corrected chi connectivity index (χ2v) is 6.92. The normalized spacial score (nSPS) is 15.5. The van der Waals surface area contributed by atoms with Crippen molar-refractivity contribution in [2.45, 2.75) is 38.2 Å². The van der Waals surface area contributed by atoms with Crippen LogP contribution < -0.4 is 10.5 Å². The molecule has 6 heteroatoms. The van der Waals surface area contributed by atoms with Gasteiger partial charge in [0, 0.05) is 26.1 Å². The van der Waals surface area contributed by atoms with Gasteiger partial charge in [0.25, 0.3) is 0 Å². The van der Waals surface area contributed by atoms with Gasteiger partial charge >= 0.3 is 0 Å². The summed E-state index contributed by atoms with van der Waals surface area (Å²) in [5.41, 5.74) is 6.61. The van der Waals surface area contributed by atoms with Crippen LogP contribution in [0.4, 0.5) is 0 Å². The van der Waals surface area contributed by atoms with Crippen LogP contribution in [0.1, 0.15) is 31.2 Å². The molecule has 1 saturated heterocycles. The van der Waals surface area contributed by atoms with Gasteiger partial charge in [-0.25, -0.2) is 0 Å². The first-order chi connectivity index (χ1) is 11.6. The molecule has 1 aromatic carbocycles. The average molecular weight is 399 g/mol. The molecule has 0 aromatic heterocycles. The Labute approximate surface area is 152 Å². The molecule has 0 spiro atoms. The fourth-order valence-electron chi connectivity index (χ4n) is 2.88. The number of amides is 1. The van der Waals surface area contributed by atoms with Gasteiger partial charge in [0.15, 0.2) is 0 Å². The summed E-state index contributed by atoms with van der Waals surface area (Å²) in [6.45, 7) is 2.97. The standard InChI is InChI=1S/C18H27BrN2O3/c1-23-17-5-3-14(13-16(17)19)4-6-18(22)21-10-7-15(8-11-21)24-12-2-9-20/h3,5,13,15H,2,4,6-12,20H2,1H3. The van der Waals surface area contributed by atoms with Crippen LogP contribution in [0.3, 0.4) is 0 Å². The van der Waals surface area contributed by atoms with Crippen molar-refractivity contribution in [3.63, 3.8) is 0 Å². The van der Waals surface area contributed by atoms with Gasteiger partial charge in [-0.2, -0.15) is 0 Å². The van der Waals surface area contributed by atoms with E-state index < -0.39 is 0 Å². The highest BCUT2D eigenvalue weighted by atomic mass is 79.9. The van der Waals surface area contributed by atoms with Crippen LogP contribution in [0, 0.1) is 0 Å². The molecule has 134 valence electrons. The maximum absolute atomic E-state index is 12.4. The van der Waals surface area contributed by atoms with E-state index in [9.17, 15) is 4.79 Å². The van der Waals surface area contributed by atoms with Gasteiger partial charge in [-0.15, -0.1) is 0 Å². The Kier molecular flexibility index (Phi) is 8.02. The van der Waals surface area contributed by atoms with E-state index in [1.54, 1.807) is 7.11 Å². The Hall–Kier alpha value is -1.11. The maximum atomic E-state index is 12.4. The molecule has 0 bridgehead atoms. The van der Waals surface area contributed by atoms with Crippen molar-refractivity contribution in [1.29, 1.82) is 0 Å². The third-order valence-corrected chi connectivity index (χ3v) is 4.96. The molecule has 1 aromatic rings. The van der Waals surface area contributed by atoms with Gasteiger partial charge in [-0.1, -0.05) is 6.07 Å². The number of carbonyl (C=O) groups excluding carboxylic acids is 1. The first kappa shape index (κ1) is 19.2. The Morgan fingerprint density at radius 2 is 2.12 bits per heavy atom. The van der Waals surface area contributed by atoms with Crippen molar-refractivity contribution in [2.24, 2.45) is 5.73 Å². The Bertz CT molecular complexity index is 531. The van der Waals surface area contributed by atoms with Crippen LogP contribution in [0.2, 0.25) is 0 Å². The van der Waals surface area contributed by atoms with E-state index in [1.165, 1.54) is 0 Å². The van der Waals surface area contributed by atoms with E-state index >= 15 is 0 Å². The molecular formula is C18H27BrN2O3. The Balaban J connectivity index is 1.73. The van der Waals surface area contributed by atoms with Crippen LogP contribution in [0.25, 0.3) is 0 Å². The van der Waals surface area contributed by atoms with Crippen LogP contribution in [-0.2, 0) is 16.0 Å². The Morgan fingerprint density at radius 1 is 1.38 bits per heavy atom. The van der Waals surface area contributed by atoms with Gasteiger partial charge in [-0.05, 0) is 65.9 Å². The SMILES string of the molecule is COc1ccc(CCC(=O)N2CCC(OCCCN)CC2)cc1Br. The summed E-state index contributed by atoms with van der Waals surface area (Å²) in [4.78, 5) is 14.3. The number of nitrogens with two attached hydrogens (primary N) is 1. The van der Waals surface area contributed by atoms with E-state index in [1.807, 2.05) is 23.1 Å². The Morgan fingerprint density at radius 3 is 2.75 bits per heavy atom. The molecule has 0 aliphatic carbocycles. The third-order valence-electron chi connectivity index (χ3n) is 4.34. The van der Waals surface area contributed by atoms with Gasteiger partial charge in [0.05, 0.1) is 17.7 Å². The van der Waals surface area contributed by atoms with Crippen LogP contribution in [0.15, 0.2) is 22.7 Å². The summed E-state index contributed by atoms with van der Waals surface area (Å²) in [5, 5.41) is 0. The molecule has 2 rings (SSSR count). The number of ether oxygens (including phenoxy) is 2. The number of benzene rings is 1. The molecule has 1 amide bonds. The second-order valence-electron chi connectivity index (χ2n) is 6.06. The summed E-state index contributed by atoms with van der Waals surface area (Å²) in [6, 6.07) is 5.95. The average Bonchev–Trinajstić information content (AvgIpc) is 2.60. The molecule has 0 radical (unpaired) electrons. The molecule has 24 heavy (non-hydrogen) atoms. The highest BCUT2D eigenvalue weighted by molar-refractivity contribution is 9.10. The van der Waals surface area contributed by atoms with Crippen LogP contribution in [0.5, 0.6) is 5.75 Å². The molecule has 0 saturated carbocycles. The van der Waals surface area contributed by atoms with Crippen molar-refractivity contribution in [1.82, 2.24) is 4.90 Å². The van der Waals surface area contributed by atoms with Crippen molar-refractivity contribution < 1.29 is 14.3 Å². The molecule has 0 unspecified atom stereocenters. The summed E-state index contributed by atoms with van der Waals surface area (Å²) in [5.74, 6) is 1.03. The first-order valence-electron chi connectivity index (χ1n) is 8.56. The fourth-order valence-corrected chi connectivity index (χ4v) is 3.47. The lowest BCUT2D eigenvalue weighted by Gasteiger charge is -2.32.